The molecule has 41 heavy (non-hydrogen) atoms. The number of furan rings is 1. The Hall–Kier alpha value is -4.90. The molecule has 3 heterocycles. The SMILES string of the molecule is CCOC(=O)C1=C(C)N=c2sc(=Cc3ccc(-c4cccc(C(=O)[O-])c4)o3)c(=O)n2C1c1cc(OC)ccc1OC. The normalized spacial score (nSPS) is 14.8. The van der Waals surface area contributed by atoms with Crippen molar-refractivity contribution in [2.24, 2.45) is 4.99 Å². The first kappa shape index (κ1) is 27.7. The molecule has 0 amide bonds. The average Bonchev–Trinajstić information content (AvgIpc) is 3.56. The molecule has 2 aromatic carbocycles. The maximum Gasteiger partial charge on any atom is 0.338 e. The average molecular weight is 574 g/mol. The topological polar surface area (TPSA) is 132 Å². The fourth-order valence-electron chi connectivity index (χ4n) is 4.65. The number of methoxy groups -OCH3 is 2. The number of aromatic carboxylic acids is 1. The molecule has 0 bridgehead atoms. The molecule has 0 radical (unpaired) electrons. The van der Waals surface area contributed by atoms with Crippen LogP contribution in [0.3, 0.4) is 0 Å². The van der Waals surface area contributed by atoms with Crippen LogP contribution in [0.15, 0.2) is 80.1 Å². The number of benzene rings is 2. The molecule has 10 nitrogen and oxygen atoms in total. The Morgan fingerprint density at radius 2 is 1.93 bits per heavy atom. The fraction of sp³-hybridized carbons (Fsp3) is 0.200. The van der Waals surface area contributed by atoms with Crippen molar-refractivity contribution in [2.75, 3.05) is 20.8 Å². The van der Waals surface area contributed by atoms with Gasteiger partial charge in [-0.05, 0) is 55.8 Å². The minimum Gasteiger partial charge on any atom is -0.545 e. The molecule has 1 unspecified atom stereocenters. The first-order chi connectivity index (χ1) is 19.7. The standard InChI is InChI=1S/C30H26N2O8S/c1-5-39-29(36)25-16(2)31-30-32(26(25)21-14-19(37-3)9-12-23(21)38-4)27(33)24(41-30)15-20-10-11-22(40-20)17-7-6-8-18(13-17)28(34)35/h6-15,26H,5H2,1-4H3,(H,34,35)/p-1. The van der Waals surface area contributed by atoms with E-state index in [9.17, 15) is 19.5 Å². The lowest BCUT2D eigenvalue weighted by Gasteiger charge is -2.26. The van der Waals surface area contributed by atoms with Gasteiger partial charge in [0.15, 0.2) is 4.80 Å². The number of hydrogen-bond donors (Lipinski definition) is 0. The zero-order valence-corrected chi connectivity index (χ0v) is 23.4. The summed E-state index contributed by atoms with van der Waals surface area (Å²) >= 11 is 1.14. The quantitative estimate of drug-likeness (QED) is 0.294. The zero-order valence-electron chi connectivity index (χ0n) is 22.6. The summed E-state index contributed by atoms with van der Waals surface area (Å²) in [6, 6.07) is 13.8. The van der Waals surface area contributed by atoms with E-state index in [0.29, 0.717) is 49.2 Å². The number of thiazole rings is 1. The number of carbonyl (C=O) groups excluding carboxylic acids is 2. The molecule has 1 aliphatic rings. The fourth-order valence-corrected chi connectivity index (χ4v) is 5.68. The number of carbonyl (C=O) groups is 2. The van der Waals surface area contributed by atoms with E-state index in [1.165, 1.54) is 30.9 Å². The Morgan fingerprint density at radius 3 is 2.63 bits per heavy atom. The molecule has 0 fully saturated rings. The van der Waals surface area contributed by atoms with E-state index in [-0.39, 0.29) is 17.7 Å². The summed E-state index contributed by atoms with van der Waals surface area (Å²) in [5, 5.41) is 11.3. The van der Waals surface area contributed by atoms with E-state index in [1.54, 1.807) is 62.4 Å². The van der Waals surface area contributed by atoms with Crippen molar-refractivity contribution in [3.8, 4) is 22.8 Å². The first-order valence-electron chi connectivity index (χ1n) is 12.6. The summed E-state index contributed by atoms with van der Waals surface area (Å²) in [4.78, 5) is 43.3. The number of hydrogen-bond acceptors (Lipinski definition) is 10. The molecule has 210 valence electrons. The molecule has 0 aliphatic carbocycles. The van der Waals surface area contributed by atoms with Crippen LogP contribution >= 0.6 is 11.3 Å². The highest BCUT2D eigenvalue weighted by molar-refractivity contribution is 7.07. The lowest BCUT2D eigenvalue weighted by atomic mass is 9.95. The van der Waals surface area contributed by atoms with Gasteiger partial charge in [-0.1, -0.05) is 29.5 Å². The van der Waals surface area contributed by atoms with Crippen molar-refractivity contribution in [3.05, 3.63) is 102 Å². The Labute approximate surface area is 238 Å². The van der Waals surface area contributed by atoms with Crippen LogP contribution in [0.4, 0.5) is 0 Å². The highest BCUT2D eigenvalue weighted by Crippen LogP contribution is 2.37. The Balaban J connectivity index is 1.66. The van der Waals surface area contributed by atoms with E-state index in [1.807, 2.05) is 0 Å². The van der Waals surface area contributed by atoms with E-state index >= 15 is 0 Å². The maximum absolute atomic E-state index is 13.9. The van der Waals surface area contributed by atoms with Gasteiger partial charge in [-0.2, -0.15) is 0 Å². The lowest BCUT2D eigenvalue weighted by molar-refractivity contribution is -0.255. The Kier molecular flexibility index (Phi) is 7.62. The van der Waals surface area contributed by atoms with Gasteiger partial charge < -0.3 is 28.5 Å². The number of aromatic nitrogens is 1. The molecule has 11 heteroatoms. The summed E-state index contributed by atoms with van der Waals surface area (Å²) in [6.07, 6.45) is 1.58. The maximum atomic E-state index is 13.9. The minimum atomic E-state index is -1.29. The lowest BCUT2D eigenvalue weighted by Crippen LogP contribution is -2.40. The molecule has 5 rings (SSSR count). The van der Waals surface area contributed by atoms with Gasteiger partial charge in [0.1, 0.15) is 29.1 Å². The molecule has 1 aliphatic heterocycles. The largest absolute Gasteiger partial charge is 0.545 e. The first-order valence-corrected chi connectivity index (χ1v) is 13.4. The molecule has 0 spiro atoms. The van der Waals surface area contributed by atoms with Crippen molar-refractivity contribution >= 4 is 29.4 Å². The molecular weight excluding hydrogens is 548 g/mol. The van der Waals surface area contributed by atoms with Crippen LogP contribution in [0.25, 0.3) is 17.4 Å². The Morgan fingerprint density at radius 1 is 1.12 bits per heavy atom. The van der Waals surface area contributed by atoms with Crippen molar-refractivity contribution in [2.45, 2.75) is 19.9 Å². The van der Waals surface area contributed by atoms with Gasteiger partial charge in [0.25, 0.3) is 5.56 Å². The van der Waals surface area contributed by atoms with Crippen LogP contribution in [0.2, 0.25) is 0 Å². The molecule has 2 aromatic heterocycles. The second-order valence-corrected chi connectivity index (χ2v) is 9.99. The zero-order chi connectivity index (χ0) is 29.3. The molecule has 0 N–H and O–H groups in total. The number of esters is 1. The third-order valence-corrected chi connectivity index (χ3v) is 7.51. The van der Waals surface area contributed by atoms with Crippen molar-refractivity contribution in [1.82, 2.24) is 4.57 Å². The predicted octanol–water partition coefficient (Wildman–Crippen LogP) is 2.44. The summed E-state index contributed by atoms with van der Waals surface area (Å²) in [6.45, 7) is 3.55. The number of carboxylic acid groups (broad SMARTS) is 1. The molecule has 0 saturated carbocycles. The van der Waals surface area contributed by atoms with E-state index in [2.05, 4.69) is 4.99 Å². The van der Waals surface area contributed by atoms with E-state index < -0.39 is 23.5 Å². The van der Waals surface area contributed by atoms with Crippen molar-refractivity contribution < 1.29 is 33.3 Å². The summed E-state index contributed by atoms with van der Waals surface area (Å²) in [7, 11) is 3.03. The number of allylic oxidation sites excluding steroid dienone is 1. The number of carboxylic acids is 1. The second kappa shape index (κ2) is 11.3. The van der Waals surface area contributed by atoms with Crippen LogP contribution in [0.5, 0.6) is 11.5 Å². The number of rotatable bonds is 8. The van der Waals surface area contributed by atoms with Crippen LogP contribution in [0.1, 0.15) is 41.6 Å². The van der Waals surface area contributed by atoms with E-state index in [4.69, 9.17) is 18.6 Å². The highest BCUT2D eigenvalue weighted by atomic mass is 32.1. The van der Waals surface area contributed by atoms with Crippen molar-refractivity contribution in [1.29, 1.82) is 0 Å². The summed E-state index contributed by atoms with van der Waals surface area (Å²) in [5.41, 5.74) is 1.34. The molecule has 4 aromatic rings. The molecular formula is C30H25N2O8S-. The van der Waals surface area contributed by atoms with E-state index in [0.717, 1.165) is 11.3 Å². The van der Waals surface area contributed by atoms with Gasteiger partial charge in [-0.15, -0.1) is 0 Å². The molecule has 0 saturated heterocycles. The van der Waals surface area contributed by atoms with Gasteiger partial charge in [0, 0.05) is 17.2 Å². The monoisotopic (exact) mass is 573 g/mol. The van der Waals surface area contributed by atoms with Gasteiger partial charge in [-0.25, -0.2) is 9.79 Å². The third-order valence-electron chi connectivity index (χ3n) is 6.53. The highest BCUT2D eigenvalue weighted by Gasteiger charge is 2.35. The van der Waals surface area contributed by atoms with Crippen LogP contribution in [-0.4, -0.2) is 37.3 Å². The summed E-state index contributed by atoms with van der Waals surface area (Å²) in [5.74, 6) is -0.109. The van der Waals surface area contributed by atoms with Crippen LogP contribution in [0, 0.1) is 0 Å². The third kappa shape index (κ3) is 5.19. The predicted molar refractivity (Wildman–Crippen MR) is 148 cm³/mol. The Bertz CT molecular complexity index is 1880. The number of ether oxygens (including phenoxy) is 3. The minimum absolute atomic E-state index is 0.0227. The van der Waals surface area contributed by atoms with Gasteiger partial charge >= 0.3 is 5.97 Å². The second-order valence-electron chi connectivity index (χ2n) is 8.98. The molecule has 1 atom stereocenters. The number of fused-ring (bicyclic) bond motifs is 1. The number of nitrogens with zero attached hydrogens (tertiary/aromatic N) is 2. The smallest absolute Gasteiger partial charge is 0.338 e. The van der Waals surface area contributed by atoms with Gasteiger partial charge in [-0.3, -0.25) is 9.36 Å². The summed E-state index contributed by atoms with van der Waals surface area (Å²) < 4.78 is 24.1. The van der Waals surface area contributed by atoms with Gasteiger partial charge in [0.2, 0.25) is 0 Å². The van der Waals surface area contributed by atoms with Gasteiger partial charge in [0.05, 0.1) is 42.6 Å². The van der Waals surface area contributed by atoms with Crippen molar-refractivity contribution in [3.63, 3.8) is 0 Å². The van der Waals surface area contributed by atoms with Crippen LogP contribution in [-0.2, 0) is 9.53 Å². The van der Waals surface area contributed by atoms with Crippen LogP contribution < -0.4 is 29.5 Å².